The van der Waals surface area contributed by atoms with Crippen molar-refractivity contribution in [3.05, 3.63) is 0 Å². The maximum atomic E-state index is 12.8. The number of carbonyl (C=O) groups is 3. The number of carbonyl (C=O) groups excluding carboxylic acids is 3. The molecule has 1 unspecified atom stereocenters. The van der Waals surface area contributed by atoms with Crippen molar-refractivity contribution in [2.24, 2.45) is 5.92 Å². The molecule has 2 aliphatic heterocycles. The molecule has 0 radical (unpaired) electrons. The fourth-order valence-electron chi connectivity index (χ4n) is 3.41. The second-order valence-corrected chi connectivity index (χ2v) is 7.28. The average molecular weight is 393 g/mol. The van der Waals surface area contributed by atoms with Gasteiger partial charge in [0.2, 0.25) is 11.8 Å². The van der Waals surface area contributed by atoms with E-state index in [9.17, 15) is 27.6 Å². The molecule has 2 rings (SSSR count). The molecule has 0 spiro atoms. The van der Waals surface area contributed by atoms with Gasteiger partial charge in [-0.3, -0.25) is 14.4 Å². The smallest absolute Gasteiger partial charge is 0.378 e. The second-order valence-electron chi connectivity index (χ2n) is 7.28. The van der Waals surface area contributed by atoms with E-state index in [1.807, 2.05) is 13.8 Å². The van der Waals surface area contributed by atoms with Gasteiger partial charge in [0.15, 0.2) is 0 Å². The number of hydrogen-bond donors (Lipinski definition) is 1. The van der Waals surface area contributed by atoms with Gasteiger partial charge in [-0.15, -0.1) is 0 Å². The summed E-state index contributed by atoms with van der Waals surface area (Å²) in [5.41, 5.74) is 0. The summed E-state index contributed by atoms with van der Waals surface area (Å²) in [7, 11) is 0. The van der Waals surface area contributed by atoms with E-state index in [1.165, 1.54) is 0 Å². The molecule has 0 aliphatic carbocycles. The van der Waals surface area contributed by atoms with Gasteiger partial charge < -0.3 is 19.9 Å². The molecule has 0 aromatic rings. The zero-order valence-electron chi connectivity index (χ0n) is 15.6. The summed E-state index contributed by atoms with van der Waals surface area (Å²) >= 11 is 0. The molecule has 0 saturated carbocycles. The maximum absolute atomic E-state index is 12.8. The molecule has 154 valence electrons. The highest BCUT2D eigenvalue weighted by Gasteiger charge is 2.48. The maximum Gasteiger partial charge on any atom is 0.471 e. The van der Waals surface area contributed by atoms with Crippen LogP contribution in [0.15, 0.2) is 0 Å². The normalized spacial score (nSPS) is 22.1. The van der Waals surface area contributed by atoms with Crippen molar-refractivity contribution in [2.75, 3.05) is 32.8 Å². The number of likely N-dealkylation sites (tertiary alicyclic amines) is 1. The van der Waals surface area contributed by atoms with Gasteiger partial charge in [0.1, 0.15) is 12.1 Å². The number of ether oxygens (including phenoxy) is 1. The third-order valence-corrected chi connectivity index (χ3v) is 4.70. The Morgan fingerprint density at radius 2 is 1.78 bits per heavy atom. The van der Waals surface area contributed by atoms with Crippen LogP contribution >= 0.6 is 0 Å². The van der Waals surface area contributed by atoms with Gasteiger partial charge in [-0.25, -0.2) is 0 Å². The first-order valence-corrected chi connectivity index (χ1v) is 9.16. The Bertz CT molecular complexity index is 562. The average Bonchev–Trinajstić information content (AvgIpc) is 3.09. The van der Waals surface area contributed by atoms with Gasteiger partial charge in [-0.05, 0) is 25.2 Å². The quantitative estimate of drug-likeness (QED) is 0.754. The summed E-state index contributed by atoms with van der Waals surface area (Å²) < 4.78 is 43.5. The molecule has 1 N–H and O–H groups in total. The molecule has 0 aromatic heterocycles. The highest BCUT2D eigenvalue weighted by molar-refractivity contribution is 5.93. The lowest BCUT2D eigenvalue weighted by Crippen LogP contribution is -2.56. The van der Waals surface area contributed by atoms with E-state index in [0.717, 1.165) is 0 Å². The first-order valence-electron chi connectivity index (χ1n) is 9.16. The predicted octanol–water partition coefficient (Wildman–Crippen LogP) is 0.929. The zero-order chi connectivity index (χ0) is 20.2. The molecule has 2 atom stereocenters. The van der Waals surface area contributed by atoms with Gasteiger partial charge >= 0.3 is 12.1 Å². The molecule has 10 heteroatoms. The molecule has 7 nitrogen and oxygen atoms in total. The molecule has 2 aliphatic rings. The van der Waals surface area contributed by atoms with Gasteiger partial charge in [0.25, 0.3) is 0 Å². The lowest BCUT2D eigenvalue weighted by molar-refractivity contribution is -0.186. The number of morpholine rings is 1. The van der Waals surface area contributed by atoms with Crippen LogP contribution in [0.5, 0.6) is 0 Å². The summed E-state index contributed by atoms with van der Waals surface area (Å²) in [6.45, 7) is 5.29. The van der Waals surface area contributed by atoms with E-state index in [1.54, 1.807) is 4.90 Å². The molecule has 2 heterocycles. The van der Waals surface area contributed by atoms with Crippen LogP contribution in [0.2, 0.25) is 0 Å². The van der Waals surface area contributed by atoms with E-state index >= 15 is 0 Å². The van der Waals surface area contributed by atoms with Crippen LogP contribution in [0, 0.1) is 5.92 Å². The van der Waals surface area contributed by atoms with Crippen molar-refractivity contribution in [3.63, 3.8) is 0 Å². The van der Waals surface area contributed by atoms with Crippen molar-refractivity contribution >= 4 is 17.7 Å². The second kappa shape index (κ2) is 8.90. The summed E-state index contributed by atoms with van der Waals surface area (Å²) in [6, 6.07) is -2.04. The first-order chi connectivity index (χ1) is 12.6. The van der Waals surface area contributed by atoms with Crippen molar-refractivity contribution < 1.29 is 32.3 Å². The van der Waals surface area contributed by atoms with Crippen LogP contribution in [0.3, 0.4) is 0 Å². The van der Waals surface area contributed by atoms with Crippen molar-refractivity contribution in [3.8, 4) is 0 Å². The molecule has 0 aromatic carbocycles. The lowest BCUT2D eigenvalue weighted by Gasteiger charge is -2.32. The van der Waals surface area contributed by atoms with Crippen LogP contribution in [-0.4, -0.2) is 78.6 Å². The Kier molecular flexibility index (Phi) is 7.07. The topological polar surface area (TPSA) is 79.0 Å². The number of rotatable bonds is 5. The number of halogens is 3. The van der Waals surface area contributed by atoms with Crippen LogP contribution < -0.4 is 5.32 Å². The summed E-state index contributed by atoms with van der Waals surface area (Å²) in [5.74, 6) is -2.90. The fourth-order valence-corrected chi connectivity index (χ4v) is 3.41. The van der Waals surface area contributed by atoms with Gasteiger partial charge in [-0.2, -0.15) is 13.2 Å². The highest BCUT2D eigenvalue weighted by atomic mass is 19.4. The van der Waals surface area contributed by atoms with Crippen LogP contribution in [0.25, 0.3) is 0 Å². The van der Waals surface area contributed by atoms with E-state index in [0.29, 0.717) is 44.0 Å². The Balaban J connectivity index is 2.08. The number of hydrogen-bond acceptors (Lipinski definition) is 4. The van der Waals surface area contributed by atoms with Gasteiger partial charge in [0, 0.05) is 19.6 Å². The summed E-state index contributed by atoms with van der Waals surface area (Å²) in [6.07, 6.45) is -4.20. The molecule has 27 heavy (non-hydrogen) atoms. The number of nitrogens with one attached hydrogen (secondary N) is 1. The summed E-state index contributed by atoms with van der Waals surface area (Å²) in [5, 5.41) is 2.59. The Morgan fingerprint density at radius 3 is 2.33 bits per heavy atom. The SMILES string of the molecule is CC(C)C[C@@H](NC(=O)C1CCCN1C(=O)C(F)(F)F)C(=O)N1CCOCC1. The number of nitrogens with zero attached hydrogens (tertiary/aromatic N) is 2. The van der Waals surface area contributed by atoms with E-state index in [-0.39, 0.29) is 24.8 Å². The third kappa shape index (κ3) is 5.57. The van der Waals surface area contributed by atoms with Crippen LogP contribution in [-0.2, 0) is 19.1 Å². The zero-order valence-corrected chi connectivity index (χ0v) is 15.6. The monoisotopic (exact) mass is 393 g/mol. The van der Waals surface area contributed by atoms with Crippen LogP contribution in [0.4, 0.5) is 13.2 Å². The lowest BCUT2D eigenvalue weighted by atomic mass is 10.0. The molecule has 2 saturated heterocycles. The molecule has 0 bridgehead atoms. The van der Waals surface area contributed by atoms with Crippen molar-refractivity contribution in [2.45, 2.75) is 51.4 Å². The van der Waals surface area contributed by atoms with Crippen molar-refractivity contribution in [1.29, 1.82) is 0 Å². The first kappa shape index (κ1) is 21.5. The Labute approximate surface area is 156 Å². The minimum Gasteiger partial charge on any atom is -0.378 e. The number of alkyl halides is 3. The van der Waals surface area contributed by atoms with E-state index in [2.05, 4.69) is 5.32 Å². The van der Waals surface area contributed by atoms with Crippen molar-refractivity contribution in [1.82, 2.24) is 15.1 Å². The molecule has 2 fully saturated rings. The Hall–Kier alpha value is -1.84. The fraction of sp³-hybridized carbons (Fsp3) is 0.824. The van der Waals surface area contributed by atoms with Gasteiger partial charge in [-0.1, -0.05) is 13.8 Å². The highest BCUT2D eigenvalue weighted by Crippen LogP contribution is 2.26. The summed E-state index contributed by atoms with van der Waals surface area (Å²) in [4.78, 5) is 39.1. The molecular formula is C17H26F3N3O4. The van der Waals surface area contributed by atoms with E-state index < -0.39 is 30.1 Å². The number of amides is 3. The standard InChI is InChI=1S/C17H26F3N3O4/c1-11(2)10-12(15(25)22-6-8-27-9-7-22)21-14(24)13-4-3-5-23(13)16(26)17(18,19)20/h11-13H,3-10H2,1-2H3,(H,21,24)/t12-,13?/m1/s1. The van der Waals surface area contributed by atoms with Gasteiger partial charge in [0.05, 0.1) is 13.2 Å². The predicted molar refractivity (Wildman–Crippen MR) is 89.6 cm³/mol. The largest absolute Gasteiger partial charge is 0.471 e. The molecule has 3 amide bonds. The van der Waals surface area contributed by atoms with E-state index in [4.69, 9.17) is 4.74 Å². The minimum absolute atomic E-state index is 0.0942. The minimum atomic E-state index is -5.02. The third-order valence-electron chi connectivity index (χ3n) is 4.70. The Morgan fingerprint density at radius 1 is 1.15 bits per heavy atom. The van der Waals surface area contributed by atoms with Crippen LogP contribution in [0.1, 0.15) is 33.1 Å². The molecular weight excluding hydrogens is 367 g/mol.